The minimum absolute atomic E-state index is 0.0594. The fourth-order valence-corrected chi connectivity index (χ4v) is 4.62. The van der Waals surface area contributed by atoms with E-state index in [1.807, 2.05) is 50.2 Å². The average Bonchev–Trinajstić information content (AvgIpc) is 3.22. The number of benzene rings is 1. The number of carbonyl (C=O) groups is 2. The van der Waals surface area contributed by atoms with Crippen molar-refractivity contribution in [1.29, 1.82) is 0 Å². The second-order valence-corrected chi connectivity index (χ2v) is 8.78. The molecule has 2 amide bonds. The Morgan fingerprint density at radius 1 is 1.14 bits per heavy atom. The van der Waals surface area contributed by atoms with Crippen molar-refractivity contribution in [3.05, 3.63) is 35.4 Å². The largest absolute Gasteiger partial charge is 0.353 e. The Kier molecular flexibility index (Phi) is 7.67. The summed E-state index contributed by atoms with van der Waals surface area (Å²) in [5.74, 6) is 0.701. The maximum Gasteiger partial charge on any atom is 0.253 e. The van der Waals surface area contributed by atoms with E-state index in [0.717, 1.165) is 43.6 Å². The molecular weight excluding hydrogens is 364 g/mol. The predicted molar refractivity (Wildman–Crippen MR) is 116 cm³/mol. The second-order valence-electron chi connectivity index (χ2n) is 8.78. The van der Waals surface area contributed by atoms with Gasteiger partial charge in [-0.15, -0.1) is 0 Å². The molecule has 2 fully saturated rings. The monoisotopic (exact) mass is 400 g/mol. The summed E-state index contributed by atoms with van der Waals surface area (Å²) in [4.78, 5) is 32.2. The van der Waals surface area contributed by atoms with E-state index in [9.17, 15) is 9.59 Å². The number of amides is 2. The lowest BCUT2D eigenvalue weighted by Crippen LogP contribution is -2.58. The number of nitrogens with zero attached hydrogens (tertiary/aromatic N) is 3. The number of rotatable bonds is 7. The van der Waals surface area contributed by atoms with E-state index in [0.29, 0.717) is 25.6 Å². The molecule has 1 aliphatic carbocycles. The third-order valence-electron chi connectivity index (χ3n) is 6.23. The minimum Gasteiger partial charge on any atom is -0.353 e. The van der Waals surface area contributed by atoms with Crippen molar-refractivity contribution in [3.63, 3.8) is 0 Å². The lowest BCUT2D eigenvalue weighted by Gasteiger charge is -2.40. The van der Waals surface area contributed by atoms with E-state index < -0.39 is 0 Å². The van der Waals surface area contributed by atoms with Crippen LogP contribution >= 0.6 is 0 Å². The van der Waals surface area contributed by atoms with Gasteiger partial charge in [-0.25, -0.2) is 0 Å². The van der Waals surface area contributed by atoms with E-state index in [1.165, 1.54) is 12.8 Å². The smallest absolute Gasteiger partial charge is 0.253 e. The van der Waals surface area contributed by atoms with Crippen molar-refractivity contribution in [2.24, 2.45) is 5.92 Å². The van der Waals surface area contributed by atoms with Crippen molar-refractivity contribution in [1.82, 2.24) is 20.0 Å². The Balaban J connectivity index is 1.60. The van der Waals surface area contributed by atoms with Crippen LogP contribution in [-0.2, 0) is 4.79 Å². The van der Waals surface area contributed by atoms with E-state index in [1.54, 1.807) is 0 Å². The molecule has 160 valence electrons. The summed E-state index contributed by atoms with van der Waals surface area (Å²) < 4.78 is 0. The summed E-state index contributed by atoms with van der Waals surface area (Å²) in [6.07, 6.45) is 4.71. The molecule has 1 atom stereocenters. The lowest BCUT2D eigenvalue weighted by molar-refractivity contribution is -0.129. The molecule has 1 N–H and O–H groups in total. The molecule has 29 heavy (non-hydrogen) atoms. The molecule has 1 aromatic carbocycles. The summed E-state index contributed by atoms with van der Waals surface area (Å²) in [5.41, 5.74) is 1.86. The summed E-state index contributed by atoms with van der Waals surface area (Å²) in [7, 11) is 4.04. The first-order valence-corrected chi connectivity index (χ1v) is 11.0. The number of aryl methyl sites for hydroxylation is 1. The van der Waals surface area contributed by atoms with E-state index >= 15 is 0 Å². The number of nitrogens with one attached hydrogen (secondary N) is 1. The molecule has 3 rings (SSSR count). The summed E-state index contributed by atoms with van der Waals surface area (Å²) >= 11 is 0. The van der Waals surface area contributed by atoms with Crippen molar-refractivity contribution in [2.45, 2.75) is 38.6 Å². The molecule has 6 nitrogen and oxygen atoms in total. The van der Waals surface area contributed by atoms with E-state index in [-0.39, 0.29) is 17.9 Å². The number of piperazine rings is 1. The normalized spacial score (nSPS) is 19.5. The zero-order valence-electron chi connectivity index (χ0n) is 18.2. The van der Waals surface area contributed by atoms with Crippen LogP contribution in [0.25, 0.3) is 0 Å². The van der Waals surface area contributed by atoms with Gasteiger partial charge in [0.2, 0.25) is 5.91 Å². The van der Waals surface area contributed by atoms with Crippen molar-refractivity contribution in [3.8, 4) is 0 Å². The molecule has 0 spiro atoms. The minimum atomic E-state index is -0.0594. The Bertz CT molecular complexity index is 692. The SMILES string of the molecule is Cc1cccc(C(=O)N2CCN(C(C(=O)NCCN(C)C)C3CCCC3)CC2)c1. The van der Waals surface area contributed by atoms with Crippen LogP contribution in [-0.4, -0.2) is 85.9 Å². The van der Waals surface area contributed by atoms with Crippen LogP contribution in [0, 0.1) is 12.8 Å². The van der Waals surface area contributed by atoms with Gasteiger partial charge in [-0.1, -0.05) is 30.5 Å². The van der Waals surface area contributed by atoms with Crippen LogP contribution in [0.5, 0.6) is 0 Å². The Morgan fingerprint density at radius 3 is 2.45 bits per heavy atom. The standard InChI is InChI=1S/C23H36N4O2/c1-18-7-6-10-20(17-18)23(29)27-15-13-26(14-16-27)21(19-8-4-5-9-19)22(28)24-11-12-25(2)3/h6-7,10,17,19,21H,4-5,8-9,11-16H2,1-3H3,(H,24,28). The summed E-state index contributed by atoms with van der Waals surface area (Å²) in [6.45, 7) is 6.43. The van der Waals surface area contributed by atoms with Gasteiger partial charge in [0.05, 0.1) is 6.04 Å². The van der Waals surface area contributed by atoms with Crippen LogP contribution in [0.15, 0.2) is 24.3 Å². The Morgan fingerprint density at radius 2 is 1.83 bits per heavy atom. The van der Waals surface area contributed by atoms with Gasteiger partial charge in [0, 0.05) is 44.8 Å². The van der Waals surface area contributed by atoms with Gasteiger partial charge in [0.1, 0.15) is 0 Å². The zero-order chi connectivity index (χ0) is 20.8. The van der Waals surface area contributed by atoms with Crippen LogP contribution in [0.2, 0.25) is 0 Å². The first-order chi connectivity index (χ1) is 14.0. The molecule has 0 bridgehead atoms. The number of carbonyl (C=O) groups excluding carboxylic acids is 2. The molecule has 1 saturated heterocycles. The molecule has 0 aromatic heterocycles. The molecule has 1 unspecified atom stereocenters. The lowest BCUT2D eigenvalue weighted by atomic mass is 9.95. The highest BCUT2D eigenvalue weighted by Crippen LogP contribution is 2.31. The highest BCUT2D eigenvalue weighted by atomic mass is 16.2. The van der Waals surface area contributed by atoms with Crippen LogP contribution in [0.3, 0.4) is 0 Å². The van der Waals surface area contributed by atoms with Crippen LogP contribution in [0.1, 0.15) is 41.6 Å². The van der Waals surface area contributed by atoms with Crippen LogP contribution in [0.4, 0.5) is 0 Å². The number of hydrogen-bond donors (Lipinski definition) is 1. The average molecular weight is 401 g/mol. The molecule has 1 aliphatic heterocycles. The van der Waals surface area contributed by atoms with Crippen LogP contribution < -0.4 is 5.32 Å². The zero-order valence-corrected chi connectivity index (χ0v) is 18.2. The topological polar surface area (TPSA) is 55.9 Å². The molecule has 0 radical (unpaired) electrons. The molecular formula is C23H36N4O2. The first kappa shape index (κ1) is 21.8. The van der Waals surface area contributed by atoms with Gasteiger partial charge in [0.15, 0.2) is 0 Å². The summed E-state index contributed by atoms with van der Waals surface area (Å²) in [5, 5.41) is 3.15. The van der Waals surface area contributed by atoms with E-state index in [2.05, 4.69) is 15.1 Å². The Hall–Kier alpha value is -1.92. The van der Waals surface area contributed by atoms with Crippen molar-refractivity contribution < 1.29 is 9.59 Å². The third kappa shape index (κ3) is 5.80. The predicted octanol–water partition coefficient (Wildman–Crippen LogP) is 1.99. The van der Waals surface area contributed by atoms with E-state index in [4.69, 9.17) is 0 Å². The quantitative estimate of drug-likeness (QED) is 0.761. The summed E-state index contributed by atoms with van der Waals surface area (Å²) in [6, 6.07) is 7.73. The third-order valence-corrected chi connectivity index (χ3v) is 6.23. The molecule has 6 heteroatoms. The fraction of sp³-hybridized carbons (Fsp3) is 0.652. The molecule has 1 heterocycles. The highest BCUT2D eigenvalue weighted by Gasteiger charge is 2.37. The van der Waals surface area contributed by atoms with Gasteiger partial charge in [-0.05, 0) is 51.9 Å². The van der Waals surface area contributed by atoms with Gasteiger partial charge < -0.3 is 15.1 Å². The molecule has 1 aromatic rings. The molecule has 2 aliphatic rings. The van der Waals surface area contributed by atoms with Crippen molar-refractivity contribution >= 4 is 11.8 Å². The van der Waals surface area contributed by atoms with Crippen molar-refractivity contribution in [2.75, 3.05) is 53.4 Å². The maximum absolute atomic E-state index is 13.0. The van der Waals surface area contributed by atoms with Gasteiger partial charge >= 0.3 is 0 Å². The highest BCUT2D eigenvalue weighted by molar-refractivity contribution is 5.94. The first-order valence-electron chi connectivity index (χ1n) is 11.0. The number of hydrogen-bond acceptors (Lipinski definition) is 4. The fourth-order valence-electron chi connectivity index (χ4n) is 4.62. The van der Waals surface area contributed by atoms with Gasteiger partial charge in [-0.3, -0.25) is 14.5 Å². The van der Waals surface area contributed by atoms with Gasteiger partial charge in [-0.2, -0.15) is 0 Å². The Labute approximate surface area is 175 Å². The maximum atomic E-state index is 13.0. The van der Waals surface area contributed by atoms with Gasteiger partial charge in [0.25, 0.3) is 5.91 Å². The molecule has 1 saturated carbocycles. The number of likely N-dealkylation sites (N-methyl/N-ethyl adjacent to an activating group) is 1. The second kappa shape index (κ2) is 10.2.